The lowest BCUT2D eigenvalue weighted by Gasteiger charge is -2.25. The van der Waals surface area contributed by atoms with E-state index < -0.39 is 0 Å². The van der Waals surface area contributed by atoms with Crippen molar-refractivity contribution >= 4 is 17.5 Å². The second-order valence-electron chi connectivity index (χ2n) is 5.54. The number of rotatable bonds is 5. The Balaban J connectivity index is 1.74. The normalized spacial score (nSPS) is 14.7. The minimum atomic E-state index is 0.114. The van der Waals surface area contributed by atoms with Crippen LogP contribution in [-0.2, 0) is 0 Å². The number of carbonyl (C=O) groups excluding carboxylic acids is 1. The zero-order chi connectivity index (χ0) is 14.7. The minimum Gasteiger partial charge on any atom is -0.289 e. The Kier molecular flexibility index (Phi) is 4.45. The topological polar surface area (TPSA) is 17.1 Å². The van der Waals surface area contributed by atoms with Gasteiger partial charge in [-0.3, -0.25) is 4.79 Å². The molecule has 0 N–H and O–H groups in total. The summed E-state index contributed by atoms with van der Waals surface area (Å²) in [5, 5.41) is 0. The fourth-order valence-electron chi connectivity index (χ4n) is 2.68. The van der Waals surface area contributed by atoms with Crippen LogP contribution in [0.4, 0.5) is 0 Å². The Morgan fingerprint density at radius 2 is 1.57 bits per heavy atom. The number of thioether (sulfide) groups is 1. The molecule has 0 heterocycles. The lowest BCUT2D eigenvalue weighted by Crippen LogP contribution is -2.09. The number of carbonyl (C=O) groups is 1. The summed E-state index contributed by atoms with van der Waals surface area (Å²) in [4.78, 5) is 13.7. The van der Waals surface area contributed by atoms with E-state index in [1.165, 1.54) is 29.7 Å². The summed E-state index contributed by atoms with van der Waals surface area (Å²) in [6, 6.07) is 16.1. The molecule has 1 nitrogen and oxygen atoms in total. The Morgan fingerprint density at radius 3 is 2.05 bits per heavy atom. The van der Waals surface area contributed by atoms with Crippen LogP contribution in [0.1, 0.15) is 53.6 Å². The van der Waals surface area contributed by atoms with Gasteiger partial charge in [0.25, 0.3) is 0 Å². The van der Waals surface area contributed by atoms with Gasteiger partial charge in [0.1, 0.15) is 0 Å². The first kappa shape index (κ1) is 14.4. The average molecular weight is 296 g/mol. The Labute approximate surface area is 130 Å². The summed E-state index contributed by atoms with van der Waals surface area (Å²) < 4.78 is 0. The summed E-state index contributed by atoms with van der Waals surface area (Å²) in [6.45, 7) is 2.13. The van der Waals surface area contributed by atoms with Crippen LogP contribution in [0.2, 0.25) is 0 Å². The lowest BCUT2D eigenvalue weighted by molar-refractivity contribution is 0.103. The summed E-state index contributed by atoms with van der Waals surface area (Å²) >= 11 is 1.79. The van der Waals surface area contributed by atoms with Crippen molar-refractivity contribution in [3.63, 3.8) is 0 Å². The molecule has 0 amide bonds. The highest BCUT2D eigenvalue weighted by atomic mass is 32.2. The van der Waals surface area contributed by atoms with Crippen molar-refractivity contribution < 1.29 is 4.79 Å². The standard InChI is InChI=1S/C19H20OS/c1-2-21-18-12-10-17(11-13-18)19(20)16-8-6-15(7-9-16)14-4-3-5-14/h6-14H,2-5H2,1H3. The average Bonchev–Trinajstić information content (AvgIpc) is 2.47. The predicted molar refractivity (Wildman–Crippen MR) is 89.3 cm³/mol. The molecule has 0 spiro atoms. The van der Waals surface area contributed by atoms with Crippen LogP contribution in [0.3, 0.4) is 0 Å². The van der Waals surface area contributed by atoms with Gasteiger partial charge in [0.05, 0.1) is 0 Å². The largest absolute Gasteiger partial charge is 0.289 e. The van der Waals surface area contributed by atoms with Crippen molar-refractivity contribution in [1.82, 2.24) is 0 Å². The summed E-state index contributed by atoms with van der Waals surface area (Å²) in [6.07, 6.45) is 3.93. The van der Waals surface area contributed by atoms with Crippen molar-refractivity contribution in [1.29, 1.82) is 0 Å². The van der Waals surface area contributed by atoms with Gasteiger partial charge in [0.2, 0.25) is 0 Å². The Morgan fingerprint density at radius 1 is 1.00 bits per heavy atom. The van der Waals surface area contributed by atoms with E-state index in [0.29, 0.717) is 0 Å². The monoisotopic (exact) mass is 296 g/mol. The molecule has 2 aromatic carbocycles. The number of hydrogen-bond donors (Lipinski definition) is 0. The molecular weight excluding hydrogens is 276 g/mol. The molecule has 2 aromatic rings. The third kappa shape index (κ3) is 3.21. The fourth-order valence-corrected chi connectivity index (χ4v) is 3.35. The van der Waals surface area contributed by atoms with Crippen molar-refractivity contribution in [3.05, 3.63) is 65.2 Å². The van der Waals surface area contributed by atoms with Crippen molar-refractivity contribution in [2.24, 2.45) is 0 Å². The van der Waals surface area contributed by atoms with Crippen molar-refractivity contribution in [2.45, 2.75) is 37.0 Å². The van der Waals surface area contributed by atoms with E-state index in [-0.39, 0.29) is 5.78 Å². The molecule has 0 aromatic heterocycles. The molecule has 21 heavy (non-hydrogen) atoms. The van der Waals surface area contributed by atoms with Gasteiger partial charge in [-0.05, 0) is 54.3 Å². The van der Waals surface area contributed by atoms with Crippen LogP contribution >= 0.6 is 11.8 Å². The summed E-state index contributed by atoms with van der Waals surface area (Å²) in [5.41, 5.74) is 2.94. The van der Waals surface area contributed by atoms with Crippen LogP contribution in [0.25, 0.3) is 0 Å². The predicted octanol–water partition coefficient (Wildman–Crippen LogP) is 5.30. The molecule has 3 rings (SSSR count). The molecule has 1 aliphatic rings. The molecule has 0 saturated heterocycles. The third-order valence-corrected chi connectivity index (χ3v) is 5.07. The van der Waals surface area contributed by atoms with E-state index in [0.717, 1.165) is 22.8 Å². The zero-order valence-electron chi connectivity index (χ0n) is 12.3. The van der Waals surface area contributed by atoms with E-state index in [1.54, 1.807) is 11.8 Å². The fraction of sp³-hybridized carbons (Fsp3) is 0.316. The van der Waals surface area contributed by atoms with Crippen LogP contribution in [0, 0.1) is 0 Å². The van der Waals surface area contributed by atoms with Crippen molar-refractivity contribution in [3.8, 4) is 0 Å². The van der Waals surface area contributed by atoms with Crippen LogP contribution in [0.15, 0.2) is 53.4 Å². The number of hydrogen-bond acceptors (Lipinski definition) is 2. The highest BCUT2D eigenvalue weighted by Crippen LogP contribution is 2.36. The zero-order valence-corrected chi connectivity index (χ0v) is 13.2. The molecule has 1 aliphatic carbocycles. The maximum Gasteiger partial charge on any atom is 0.193 e. The first-order valence-corrected chi connectivity index (χ1v) is 8.64. The smallest absolute Gasteiger partial charge is 0.193 e. The quantitative estimate of drug-likeness (QED) is 0.550. The maximum absolute atomic E-state index is 12.5. The van der Waals surface area contributed by atoms with Gasteiger partial charge in [-0.25, -0.2) is 0 Å². The lowest BCUT2D eigenvalue weighted by atomic mass is 9.80. The third-order valence-electron chi connectivity index (χ3n) is 4.18. The molecule has 0 unspecified atom stereocenters. The van der Waals surface area contributed by atoms with Gasteiger partial charge < -0.3 is 0 Å². The van der Waals surface area contributed by atoms with Gasteiger partial charge in [0.15, 0.2) is 5.78 Å². The first-order chi connectivity index (χ1) is 10.3. The molecule has 0 atom stereocenters. The van der Waals surface area contributed by atoms with Crippen molar-refractivity contribution in [2.75, 3.05) is 5.75 Å². The molecule has 0 bridgehead atoms. The van der Waals surface area contributed by atoms with Crippen LogP contribution in [0.5, 0.6) is 0 Å². The Bertz CT molecular complexity index is 609. The van der Waals surface area contributed by atoms with E-state index in [9.17, 15) is 4.79 Å². The maximum atomic E-state index is 12.5. The number of benzene rings is 2. The molecule has 108 valence electrons. The van der Waals surface area contributed by atoms with Gasteiger partial charge >= 0.3 is 0 Å². The summed E-state index contributed by atoms with van der Waals surface area (Å²) in [7, 11) is 0. The van der Waals surface area contributed by atoms with Gasteiger partial charge in [0, 0.05) is 16.0 Å². The molecule has 0 radical (unpaired) electrons. The molecule has 2 heteroatoms. The van der Waals surface area contributed by atoms with Crippen LogP contribution in [-0.4, -0.2) is 11.5 Å². The van der Waals surface area contributed by atoms with E-state index >= 15 is 0 Å². The highest BCUT2D eigenvalue weighted by molar-refractivity contribution is 7.99. The number of ketones is 1. The van der Waals surface area contributed by atoms with Gasteiger partial charge in [-0.1, -0.05) is 37.6 Å². The Hall–Kier alpha value is -1.54. The summed E-state index contributed by atoms with van der Waals surface area (Å²) in [5.74, 6) is 1.89. The molecule has 1 saturated carbocycles. The van der Waals surface area contributed by atoms with Gasteiger partial charge in [-0.15, -0.1) is 11.8 Å². The van der Waals surface area contributed by atoms with Gasteiger partial charge in [-0.2, -0.15) is 0 Å². The van der Waals surface area contributed by atoms with E-state index in [2.05, 4.69) is 19.1 Å². The minimum absolute atomic E-state index is 0.114. The van der Waals surface area contributed by atoms with Crippen LogP contribution < -0.4 is 0 Å². The first-order valence-electron chi connectivity index (χ1n) is 7.65. The van der Waals surface area contributed by atoms with E-state index in [1.807, 2.05) is 36.4 Å². The molecular formula is C19H20OS. The SMILES string of the molecule is CCSc1ccc(C(=O)c2ccc(C3CCC3)cc2)cc1. The molecule has 1 fully saturated rings. The highest BCUT2D eigenvalue weighted by Gasteiger charge is 2.19. The van der Waals surface area contributed by atoms with E-state index in [4.69, 9.17) is 0 Å². The molecule has 0 aliphatic heterocycles. The second-order valence-corrected chi connectivity index (χ2v) is 6.87. The second kappa shape index (κ2) is 6.48.